The van der Waals surface area contributed by atoms with E-state index in [4.69, 9.17) is 4.74 Å². The first kappa shape index (κ1) is 39.0. The molecule has 0 saturated heterocycles. The van der Waals surface area contributed by atoms with E-state index in [1.165, 1.54) is 0 Å². The van der Waals surface area contributed by atoms with Crippen LogP contribution in [-0.4, -0.2) is 82.2 Å². The van der Waals surface area contributed by atoms with E-state index in [9.17, 15) is 29.7 Å². The molecule has 0 spiro atoms. The molecule has 0 aliphatic heterocycles. The van der Waals surface area contributed by atoms with Crippen molar-refractivity contribution in [3.05, 3.63) is 108 Å². The van der Waals surface area contributed by atoms with Gasteiger partial charge in [0.2, 0.25) is 5.91 Å². The first-order valence-corrected chi connectivity index (χ1v) is 16.7. The monoisotopic (exact) mass is 675 g/mol. The smallest absolute Gasteiger partial charge is 0.407 e. The van der Waals surface area contributed by atoms with E-state index in [-0.39, 0.29) is 26.1 Å². The molecular weight excluding hydrogens is 624 g/mol. The van der Waals surface area contributed by atoms with Crippen LogP contribution in [0.4, 0.5) is 9.59 Å². The molecule has 0 unspecified atom stereocenters. The second-order valence-electron chi connectivity index (χ2n) is 13.6. The molecule has 3 rings (SSSR count). The number of benzene rings is 3. The van der Waals surface area contributed by atoms with E-state index in [2.05, 4.69) is 16.0 Å². The first-order chi connectivity index (χ1) is 23.2. The van der Waals surface area contributed by atoms with E-state index in [0.717, 1.165) is 16.0 Å². The normalized spacial score (nSPS) is 14.6. The minimum Gasteiger partial charge on any atom is -0.530 e. The van der Waals surface area contributed by atoms with Crippen LogP contribution < -0.4 is 21.1 Å². The number of carbonyl (C=O) groups is 3. The highest BCUT2D eigenvalue weighted by atomic mass is 16.6. The van der Waals surface area contributed by atoms with Gasteiger partial charge in [-0.3, -0.25) is 4.79 Å². The van der Waals surface area contributed by atoms with Gasteiger partial charge < -0.3 is 45.7 Å². The number of nitrogens with zero attached hydrogens (tertiary/aromatic N) is 1. The predicted molar refractivity (Wildman–Crippen MR) is 186 cm³/mol. The van der Waals surface area contributed by atoms with Crippen LogP contribution in [0.1, 0.15) is 51.3 Å². The fourth-order valence-corrected chi connectivity index (χ4v) is 5.55. The van der Waals surface area contributed by atoms with Crippen molar-refractivity contribution in [2.24, 2.45) is 5.92 Å². The van der Waals surface area contributed by atoms with E-state index in [1.54, 1.807) is 58.9 Å². The van der Waals surface area contributed by atoms with Gasteiger partial charge in [0.25, 0.3) is 0 Å². The molecule has 0 aliphatic carbocycles. The Morgan fingerprint density at radius 3 is 1.57 bits per heavy atom. The van der Waals surface area contributed by atoms with Crippen molar-refractivity contribution >= 4 is 18.1 Å². The van der Waals surface area contributed by atoms with Crippen LogP contribution in [0.5, 0.6) is 0 Å². The molecule has 3 aromatic carbocycles. The molecule has 3 amide bonds. The van der Waals surface area contributed by atoms with Crippen molar-refractivity contribution in [1.82, 2.24) is 20.9 Å². The average Bonchev–Trinajstić information content (AvgIpc) is 3.04. The SMILES string of the molecule is CC(C)[C@@H](C(=O)N[C@@H](Cc1ccccc1)[C@H](O)CNC[C@@H](O)[C@H](Cc1ccccc1)NC(=O)OC(C)(C)C)N(Cc1ccccc1)C(=O)[O-]. The molecule has 0 aliphatic rings. The first-order valence-electron chi connectivity index (χ1n) is 16.7. The summed E-state index contributed by atoms with van der Waals surface area (Å²) < 4.78 is 5.42. The molecule has 266 valence electrons. The number of amides is 3. The zero-order valence-corrected chi connectivity index (χ0v) is 29.0. The Balaban J connectivity index is 1.73. The summed E-state index contributed by atoms with van der Waals surface area (Å²) in [6.45, 7) is 8.75. The highest BCUT2D eigenvalue weighted by molar-refractivity contribution is 5.85. The number of rotatable bonds is 17. The van der Waals surface area contributed by atoms with Crippen molar-refractivity contribution in [1.29, 1.82) is 0 Å². The fraction of sp³-hybridized carbons (Fsp3) is 0.447. The lowest BCUT2D eigenvalue weighted by Crippen LogP contribution is -2.59. The highest BCUT2D eigenvalue weighted by Gasteiger charge is 2.33. The summed E-state index contributed by atoms with van der Waals surface area (Å²) in [6.07, 6.45) is -3.70. The topological polar surface area (TPSA) is 163 Å². The summed E-state index contributed by atoms with van der Waals surface area (Å²) in [5.74, 6) is -0.956. The Labute approximate surface area is 289 Å². The Hall–Kier alpha value is -4.45. The summed E-state index contributed by atoms with van der Waals surface area (Å²) in [7, 11) is 0. The second-order valence-corrected chi connectivity index (χ2v) is 13.6. The Morgan fingerprint density at radius 2 is 1.16 bits per heavy atom. The number of hydrogen-bond donors (Lipinski definition) is 5. The second kappa shape index (κ2) is 18.9. The third-order valence-electron chi connectivity index (χ3n) is 7.93. The quantitative estimate of drug-likeness (QED) is 0.146. The van der Waals surface area contributed by atoms with E-state index in [0.29, 0.717) is 12.0 Å². The van der Waals surface area contributed by atoms with E-state index >= 15 is 0 Å². The molecule has 11 nitrogen and oxygen atoms in total. The Kier molecular flexibility index (Phi) is 15.1. The Morgan fingerprint density at radius 1 is 0.735 bits per heavy atom. The lowest BCUT2D eigenvalue weighted by atomic mass is 9.97. The van der Waals surface area contributed by atoms with Crippen LogP contribution in [0, 0.1) is 5.92 Å². The van der Waals surface area contributed by atoms with Gasteiger partial charge >= 0.3 is 6.09 Å². The van der Waals surface area contributed by atoms with Crippen molar-refractivity contribution in [2.75, 3.05) is 13.1 Å². The maximum absolute atomic E-state index is 13.8. The third kappa shape index (κ3) is 13.5. The van der Waals surface area contributed by atoms with Crippen LogP contribution in [0.15, 0.2) is 91.0 Å². The zero-order chi connectivity index (χ0) is 36.0. The molecule has 5 atom stereocenters. The number of ether oxygens (including phenoxy) is 1. The number of carbonyl (C=O) groups excluding carboxylic acids is 3. The molecule has 0 radical (unpaired) electrons. The zero-order valence-electron chi connectivity index (χ0n) is 29.0. The number of alkyl carbamates (subject to hydrolysis) is 1. The Bertz CT molecular complexity index is 1430. The lowest BCUT2D eigenvalue weighted by Gasteiger charge is -2.37. The summed E-state index contributed by atoms with van der Waals surface area (Å²) in [5.41, 5.74) is 1.76. The van der Waals surface area contributed by atoms with Gasteiger partial charge in [0.05, 0.1) is 24.3 Å². The average molecular weight is 676 g/mol. The van der Waals surface area contributed by atoms with Gasteiger partial charge in [-0.2, -0.15) is 0 Å². The molecule has 11 heteroatoms. The van der Waals surface area contributed by atoms with Crippen LogP contribution in [0.3, 0.4) is 0 Å². The summed E-state index contributed by atoms with van der Waals surface area (Å²) in [5, 5.41) is 43.6. The fourth-order valence-electron chi connectivity index (χ4n) is 5.55. The van der Waals surface area contributed by atoms with Crippen LogP contribution >= 0.6 is 0 Å². The molecule has 0 bridgehead atoms. The van der Waals surface area contributed by atoms with Gasteiger partial charge in [0, 0.05) is 19.6 Å². The summed E-state index contributed by atoms with van der Waals surface area (Å²) in [6, 6.07) is 25.1. The predicted octanol–water partition coefficient (Wildman–Crippen LogP) is 3.03. The molecule has 49 heavy (non-hydrogen) atoms. The maximum Gasteiger partial charge on any atom is 0.407 e. The summed E-state index contributed by atoms with van der Waals surface area (Å²) >= 11 is 0. The van der Waals surface area contributed by atoms with Crippen LogP contribution in [-0.2, 0) is 28.9 Å². The molecule has 0 aromatic heterocycles. The number of aliphatic hydroxyl groups is 2. The van der Waals surface area contributed by atoms with E-state index < -0.39 is 59.9 Å². The van der Waals surface area contributed by atoms with Gasteiger partial charge in [-0.25, -0.2) is 4.79 Å². The standard InChI is InChI=1S/C38H52N4O7/c1-26(2)34(42(37(47)48)25-29-19-13-8-14-20-29)35(45)40-30(21-27-15-9-6-10-16-27)32(43)23-39-24-33(44)31(22-28-17-11-7-12-18-28)41-36(46)49-38(3,4)5/h6-20,26,30-34,39,43-44H,21-25H2,1-5H3,(H,40,45)(H,41,46)(H,47,48)/p-1/t30-,31-,32+,33+,34-/m0/s1. The molecule has 3 aromatic rings. The van der Waals surface area contributed by atoms with Crippen molar-refractivity contribution in [3.8, 4) is 0 Å². The number of hydrogen-bond acceptors (Lipinski definition) is 8. The number of aliphatic hydroxyl groups excluding tert-OH is 2. The van der Waals surface area contributed by atoms with Crippen molar-refractivity contribution < 1.29 is 34.4 Å². The minimum atomic E-state index is -1.47. The highest BCUT2D eigenvalue weighted by Crippen LogP contribution is 2.17. The van der Waals surface area contributed by atoms with Gasteiger partial charge in [-0.15, -0.1) is 0 Å². The third-order valence-corrected chi connectivity index (χ3v) is 7.93. The van der Waals surface area contributed by atoms with Gasteiger partial charge in [0.1, 0.15) is 17.7 Å². The van der Waals surface area contributed by atoms with Gasteiger partial charge in [0.15, 0.2) is 0 Å². The maximum atomic E-state index is 13.8. The van der Waals surface area contributed by atoms with Crippen molar-refractivity contribution in [3.63, 3.8) is 0 Å². The molecule has 0 fully saturated rings. The molecule has 0 saturated carbocycles. The summed E-state index contributed by atoms with van der Waals surface area (Å²) in [4.78, 5) is 39.7. The largest absolute Gasteiger partial charge is 0.530 e. The van der Waals surface area contributed by atoms with Crippen LogP contribution in [0.2, 0.25) is 0 Å². The number of nitrogens with one attached hydrogen (secondary N) is 3. The molecular formula is C38H51N4O7-. The molecule has 5 N–H and O–H groups in total. The van der Waals surface area contributed by atoms with Gasteiger partial charge in [-0.05, 0) is 56.2 Å². The minimum absolute atomic E-state index is 0.0140. The molecule has 0 heterocycles. The van der Waals surface area contributed by atoms with Gasteiger partial charge in [-0.1, -0.05) is 105 Å². The lowest BCUT2D eigenvalue weighted by molar-refractivity contribution is -0.269. The van der Waals surface area contributed by atoms with Crippen molar-refractivity contribution in [2.45, 2.75) is 89.9 Å². The number of carboxylic acid groups (broad SMARTS) is 1. The van der Waals surface area contributed by atoms with E-state index in [1.807, 2.05) is 66.7 Å². The van der Waals surface area contributed by atoms with Crippen LogP contribution in [0.25, 0.3) is 0 Å².